The second-order valence-electron chi connectivity index (χ2n) is 9.91. The fourth-order valence-corrected chi connectivity index (χ4v) is 4.67. The molecule has 0 unspecified atom stereocenters. The fourth-order valence-electron chi connectivity index (χ4n) is 4.56. The fraction of sp³-hybridized carbons (Fsp3) is 0.345. The zero-order chi connectivity index (χ0) is 31.7. The Labute approximate surface area is 255 Å². The van der Waals surface area contributed by atoms with Gasteiger partial charge in [0.2, 0.25) is 0 Å². The summed E-state index contributed by atoms with van der Waals surface area (Å²) in [7, 11) is 0. The topological polar surface area (TPSA) is 146 Å². The number of rotatable bonds is 7. The minimum Gasteiger partial charge on any atom is -0.489 e. The number of carboxylic acid groups (broad SMARTS) is 1. The number of anilines is 3. The number of hydrogen-bond donors (Lipinski definition) is 4. The van der Waals surface area contributed by atoms with Crippen LogP contribution in [0.1, 0.15) is 46.5 Å². The molecule has 11 nitrogen and oxygen atoms in total. The number of benzene rings is 1. The third-order valence-electron chi connectivity index (χ3n) is 6.74. The molecule has 3 aromatic rings. The molecule has 2 saturated heterocycles. The second kappa shape index (κ2) is 14.8. The Morgan fingerprint density at radius 2 is 1.70 bits per heavy atom. The molecule has 234 valence electrons. The number of pyridine rings is 2. The highest BCUT2D eigenvalue weighted by Gasteiger charge is 2.38. The highest BCUT2D eigenvalue weighted by Crippen LogP contribution is 2.31. The summed E-state index contributed by atoms with van der Waals surface area (Å²) in [5.41, 5.74) is 1.82. The lowest BCUT2D eigenvalue weighted by molar-refractivity contribution is -0.192. The van der Waals surface area contributed by atoms with Crippen LogP contribution >= 0.6 is 11.6 Å². The van der Waals surface area contributed by atoms with E-state index in [-0.39, 0.29) is 23.4 Å². The molecule has 15 heteroatoms. The Balaban J connectivity index is 0.000000566. The first-order valence-corrected chi connectivity index (χ1v) is 14.1. The maximum absolute atomic E-state index is 13.5. The lowest BCUT2D eigenvalue weighted by Crippen LogP contribution is -2.34. The van der Waals surface area contributed by atoms with Crippen LogP contribution in [0.5, 0.6) is 5.75 Å². The number of carbonyl (C=O) groups is 3. The molecule has 0 atom stereocenters. The summed E-state index contributed by atoms with van der Waals surface area (Å²) in [6.45, 7) is 3.76. The van der Waals surface area contributed by atoms with Crippen molar-refractivity contribution < 1.29 is 37.4 Å². The number of carboxylic acids is 1. The predicted octanol–water partition coefficient (Wildman–Crippen LogP) is 5.00. The zero-order valence-corrected chi connectivity index (χ0v) is 24.1. The molecule has 0 saturated carbocycles. The third kappa shape index (κ3) is 9.04. The first kappa shape index (κ1) is 32.5. The Morgan fingerprint density at radius 3 is 2.34 bits per heavy atom. The van der Waals surface area contributed by atoms with E-state index in [4.69, 9.17) is 26.2 Å². The molecule has 1 aromatic carbocycles. The molecule has 4 N–H and O–H groups in total. The van der Waals surface area contributed by atoms with Crippen LogP contribution in [-0.4, -0.2) is 71.3 Å². The van der Waals surface area contributed by atoms with Crippen LogP contribution in [0.15, 0.2) is 54.9 Å². The Hall–Kier alpha value is -4.43. The molecule has 2 aromatic heterocycles. The van der Waals surface area contributed by atoms with Crippen molar-refractivity contribution in [2.24, 2.45) is 0 Å². The van der Waals surface area contributed by atoms with Gasteiger partial charge in [0, 0.05) is 37.2 Å². The molecule has 0 spiro atoms. The molecule has 4 heterocycles. The van der Waals surface area contributed by atoms with Crippen molar-refractivity contribution in [3.63, 3.8) is 0 Å². The van der Waals surface area contributed by atoms with Crippen LogP contribution in [0, 0.1) is 0 Å². The standard InChI is InChI=1S/C27H29ClN6O3.C2HF3O2/c28-18-5-8-24(31-17-18)33-27(36)25-22(4-3-11-30-25)32-26(35)21-7-6-19(34-14-1-2-15-34)16-23(21)37-20-9-12-29-13-10-20;3-2(4,5)1(6)7/h3-8,11,16-17,20,29H,1-2,9-10,12-15H2,(H,32,35)(H,31,33,36);(H,6,7). The van der Waals surface area contributed by atoms with Crippen LogP contribution in [0.4, 0.5) is 30.4 Å². The summed E-state index contributed by atoms with van der Waals surface area (Å²) in [5.74, 6) is -2.75. The van der Waals surface area contributed by atoms with Gasteiger partial charge in [0.1, 0.15) is 17.7 Å². The van der Waals surface area contributed by atoms with Crippen LogP contribution in [0.3, 0.4) is 0 Å². The molecule has 5 rings (SSSR count). The van der Waals surface area contributed by atoms with E-state index in [1.54, 1.807) is 30.3 Å². The number of amides is 2. The van der Waals surface area contributed by atoms with Crippen LogP contribution < -0.4 is 25.6 Å². The summed E-state index contributed by atoms with van der Waals surface area (Å²) in [6, 6.07) is 12.2. The molecule has 2 aliphatic heterocycles. The summed E-state index contributed by atoms with van der Waals surface area (Å²) >= 11 is 5.88. The number of aromatic nitrogens is 2. The molecule has 0 aliphatic carbocycles. The summed E-state index contributed by atoms with van der Waals surface area (Å²) in [4.78, 5) is 45.9. The molecule has 2 fully saturated rings. The van der Waals surface area contributed by atoms with E-state index in [0.29, 0.717) is 22.2 Å². The quantitative estimate of drug-likeness (QED) is 0.282. The van der Waals surface area contributed by atoms with Gasteiger partial charge in [-0.3, -0.25) is 9.59 Å². The van der Waals surface area contributed by atoms with Crippen molar-refractivity contribution in [1.82, 2.24) is 15.3 Å². The van der Waals surface area contributed by atoms with Crippen molar-refractivity contribution in [1.29, 1.82) is 0 Å². The smallest absolute Gasteiger partial charge is 0.489 e. The molecule has 44 heavy (non-hydrogen) atoms. The zero-order valence-electron chi connectivity index (χ0n) is 23.4. The maximum atomic E-state index is 13.5. The predicted molar refractivity (Wildman–Crippen MR) is 157 cm³/mol. The number of carbonyl (C=O) groups excluding carboxylic acids is 2. The molecular formula is C29H30ClF3N6O5. The van der Waals surface area contributed by atoms with E-state index in [1.165, 1.54) is 12.4 Å². The number of hydrogen-bond acceptors (Lipinski definition) is 8. The van der Waals surface area contributed by atoms with Gasteiger partial charge in [-0.25, -0.2) is 14.8 Å². The van der Waals surface area contributed by atoms with Gasteiger partial charge in [-0.2, -0.15) is 13.2 Å². The van der Waals surface area contributed by atoms with E-state index in [2.05, 4.69) is 30.8 Å². The maximum Gasteiger partial charge on any atom is 0.490 e. The van der Waals surface area contributed by atoms with Gasteiger partial charge >= 0.3 is 12.1 Å². The van der Waals surface area contributed by atoms with Gasteiger partial charge in [0.05, 0.1) is 16.3 Å². The summed E-state index contributed by atoms with van der Waals surface area (Å²) in [6.07, 6.45) is 1.95. The van der Waals surface area contributed by atoms with Gasteiger partial charge in [-0.05, 0) is 75.2 Å². The molecule has 2 aliphatic rings. The van der Waals surface area contributed by atoms with Crippen molar-refractivity contribution in [2.45, 2.75) is 38.0 Å². The molecular weight excluding hydrogens is 605 g/mol. The minimum absolute atomic E-state index is 0.0354. The number of aliphatic carboxylic acids is 1. The normalized spacial score (nSPS) is 15.1. The number of nitrogens with zero attached hydrogens (tertiary/aromatic N) is 3. The number of alkyl halides is 3. The average molecular weight is 635 g/mol. The van der Waals surface area contributed by atoms with Gasteiger partial charge in [-0.1, -0.05) is 11.6 Å². The number of ether oxygens (including phenoxy) is 1. The monoisotopic (exact) mass is 634 g/mol. The SMILES string of the molecule is O=C(Nc1cccnc1C(=O)Nc1ccc(Cl)cn1)c1ccc(N2CCCC2)cc1OC1CCNCC1.O=C(O)C(F)(F)F. The molecule has 0 bridgehead atoms. The van der Waals surface area contributed by atoms with Gasteiger partial charge in [0.25, 0.3) is 11.8 Å². The summed E-state index contributed by atoms with van der Waals surface area (Å²) in [5, 5.41) is 16.5. The lowest BCUT2D eigenvalue weighted by atomic mass is 10.1. The second-order valence-corrected chi connectivity index (χ2v) is 10.4. The van der Waals surface area contributed by atoms with Crippen molar-refractivity contribution in [3.05, 3.63) is 71.1 Å². The number of halogens is 4. The van der Waals surface area contributed by atoms with Crippen LogP contribution in [0.25, 0.3) is 0 Å². The molecule has 0 radical (unpaired) electrons. The summed E-state index contributed by atoms with van der Waals surface area (Å²) < 4.78 is 38.1. The average Bonchev–Trinajstić information content (AvgIpc) is 3.54. The van der Waals surface area contributed by atoms with Crippen molar-refractivity contribution >= 4 is 46.6 Å². The lowest BCUT2D eigenvalue weighted by Gasteiger charge is -2.26. The van der Waals surface area contributed by atoms with Gasteiger partial charge in [-0.15, -0.1) is 0 Å². The Kier molecular flexibility index (Phi) is 11.0. The van der Waals surface area contributed by atoms with E-state index < -0.39 is 18.1 Å². The van der Waals surface area contributed by atoms with E-state index in [1.807, 2.05) is 12.1 Å². The van der Waals surface area contributed by atoms with E-state index in [0.717, 1.165) is 57.5 Å². The third-order valence-corrected chi connectivity index (χ3v) is 6.97. The minimum atomic E-state index is -5.08. The molecule has 2 amide bonds. The van der Waals surface area contributed by atoms with E-state index in [9.17, 15) is 22.8 Å². The Morgan fingerprint density at radius 1 is 1.00 bits per heavy atom. The van der Waals surface area contributed by atoms with E-state index >= 15 is 0 Å². The first-order valence-electron chi connectivity index (χ1n) is 13.8. The van der Waals surface area contributed by atoms with Crippen LogP contribution in [0.2, 0.25) is 5.02 Å². The van der Waals surface area contributed by atoms with Crippen molar-refractivity contribution in [2.75, 3.05) is 41.7 Å². The van der Waals surface area contributed by atoms with Crippen molar-refractivity contribution in [3.8, 4) is 5.75 Å². The van der Waals surface area contributed by atoms with Crippen LogP contribution in [-0.2, 0) is 4.79 Å². The first-order chi connectivity index (χ1) is 21.0. The number of piperidine rings is 1. The van der Waals surface area contributed by atoms with Gasteiger partial charge in [0.15, 0.2) is 5.69 Å². The Bertz CT molecular complexity index is 1460. The largest absolute Gasteiger partial charge is 0.490 e. The highest BCUT2D eigenvalue weighted by atomic mass is 35.5. The van der Waals surface area contributed by atoms with Gasteiger partial charge < -0.3 is 30.7 Å². The number of nitrogens with one attached hydrogen (secondary N) is 3. The highest BCUT2D eigenvalue weighted by molar-refractivity contribution is 6.30.